The van der Waals surface area contributed by atoms with E-state index in [9.17, 15) is 4.11 Å². The molecule has 0 bridgehead atoms. The summed E-state index contributed by atoms with van der Waals surface area (Å²) in [6, 6.07) is 14.9. The summed E-state index contributed by atoms with van der Waals surface area (Å²) in [5.41, 5.74) is 1.83. The molecule has 17 heavy (non-hydrogen) atoms. The minimum Gasteiger partial charge on any atom is -0.281 e. The first kappa shape index (κ1) is 12.3. The second-order valence-electron chi connectivity index (χ2n) is 4.20. The third kappa shape index (κ3) is 2.28. The van der Waals surface area contributed by atoms with Crippen LogP contribution in [0.25, 0.3) is 0 Å². The summed E-state index contributed by atoms with van der Waals surface area (Å²) >= 11 is 6.27. The highest BCUT2D eigenvalue weighted by Crippen LogP contribution is 2.16. The van der Waals surface area contributed by atoms with Crippen LogP contribution in [-0.2, 0) is 0 Å². The maximum absolute atomic E-state index is 15.0. The van der Waals surface area contributed by atoms with Crippen molar-refractivity contribution in [3.8, 4) is 0 Å². The van der Waals surface area contributed by atoms with Crippen molar-refractivity contribution in [2.75, 3.05) is 0 Å². The summed E-state index contributed by atoms with van der Waals surface area (Å²) in [5, 5.41) is 1.30. The van der Waals surface area contributed by atoms with E-state index < -0.39 is 7.72 Å². The molecule has 0 fully saturated rings. The molecule has 2 aromatic carbocycles. The van der Waals surface area contributed by atoms with E-state index in [0.717, 1.165) is 11.1 Å². The molecule has 2 rings (SSSR count). The number of aryl methyl sites for hydroxylation is 2. The van der Waals surface area contributed by atoms with Gasteiger partial charge >= 0.3 is 7.72 Å². The Hall–Kier alpha value is -1.12. The van der Waals surface area contributed by atoms with Gasteiger partial charge in [0.1, 0.15) is 0 Å². The maximum Gasteiger partial charge on any atom is 0.402 e. The van der Waals surface area contributed by atoms with Crippen molar-refractivity contribution in [1.29, 1.82) is 0 Å². The van der Waals surface area contributed by atoms with E-state index in [4.69, 9.17) is 11.1 Å². The van der Waals surface area contributed by atoms with Gasteiger partial charge < -0.3 is 0 Å². The second kappa shape index (κ2) is 4.63. The molecule has 0 aromatic heterocycles. The zero-order valence-corrected chi connectivity index (χ0v) is 11.6. The normalized spacial score (nSPS) is 11.5. The van der Waals surface area contributed by atoms with Gasteiger partial charge in [-0.3, -0.25) is 4.11 Å². The summed E-state index contributed by atoms with van der Waals surface area (Å²) in [6.45, 7) is 3.80. The largest absolute Gasteiger partial charge is 0.402 e. The molecule has 88 valence electrons. The topological polar surface area (TPSA) is 0 Å². The van der Waals surface area contributed by atoms with Crippen LogP contribution in [0, 0.1) is 13.8 Å². The number of hydrogen-bond donors (Lipinski definition) is 0. The highest BCUT2D eigenvalue weighted by atomic mass is 35.6. The van der Waals surface area contributed by atoms with Crippen LogP contribution in [0.15, 0.2) is 48.5 Å². The summed E-state index contributed by atoms with van der Waals surface area (Å²) in [6.07, 6.45) is 0. The van der Waals surface area contributed by atoms with E-state index >= 15 is 0 Å². The molecular formula is C14H14ClFSi. The van der Waals surface area contributed by atoms with Gasteiger partial charge in [-0.15, -0.1) is 11.1 Å². The molecule has 2 aromatic rings. The van der Waals surface area contributed by atoms with Crippen LogP contribution in [0.1, 0.15) is 11.1 Å². The van der Waals surface area contributed by atoms with Crippen molar-refractivity contribution in [1.82, 2.24) is 0 Å². The number of hydrogen-bond acceptors (Lipinski definition) is 0. The van der Waals surface area contributed by atoms with Gasteiger partial charge in [0.15, 0.2) is 0 Å². The van der Waals surface area contributed by atoms with Crippen LogP contribution in [-0.4, -0.2) is 7.72 Å². The molecule has 0 heterocycles. The molecule has 0 aliphatic carbocycles. The lowest BCUT2D eigenvalue weighted by Gasteiger charge is -2.19. The Bertz CT molecular complexity index is 490. The summed E-state index contributed by atoms with van der Waals surface area (Å²) in [4.78, 5) is 0. The number of halogens is 2. The van der Waals surface area contributed by atoms with Crippen LogP contribution in [0.2, 0.25) is 0 Å². The molecule has 0 N–H and O–H groups in total. The van der Waals surface area contributed by atoms with Crippen molar-refractivity contribution in [3.05, 3.63) is 59.7 Å². The van der Waals surface area contributed by atoms with Gasteiger partial charge in [0, 0.05) is 0 Å². The maximum atomic E-state index is 15.0. The van der Waals surface area contributed by atoms with Crippen molar-refractivity contribution >= 4 is 29.2 Å². The van der Waals surface area contributed by atoms with Crippen LogP contribution in [0.5, 0.6) is 0 Å². The monoisotopic (exact) mass is 264 g/mol. The van der Waals surface area contributed by atoms with E-state index in [1.165, 1.54) is 0 Å². The Morgan fingerprint density at radius 1 is 0.824 bits per heavy atom. The quantitative estimate of drug-likeness (QED) is 0.578. The summed E-state index contributed by atoms with van der Waals surface area (Å²) in [7, 11) is -3.57. The molecule has 0 nitrogen and oxygen atoms in total. The van der Waals surface area contributed by atoms with Gasteiger partial charge in [-0.25, -0.2) is 0 Å². The van der Waals surface area contributed by atoms with Gasteiger partial charge in [0.25, 0.3) is 0 Å². The highest BCUT2D eigenvalue weighted by molar-refractivity contribution is 7.30. The molecule has 0 aliphatic heterocycles. The minimum atomic E-state index is -3.57. The zero-order valence-electron chi connectivity index (χ0n) is 9.87. The minimum absolute atomic E-state index is 0.649. The highest BCUT2D eigenvalue weighted by Gasteiger charge is 2.39. The van der Waals surface area contributed by atoms with Crippen LogP contribution < -0.4 is 10.4 Å². The van der Waals surface area contributed by atoms with E-state index in [-0.39, 0.29) is 0 Å². The van der Waals surface area contributed by atoms with E-state index in [1.54, 1.807) is 12.1 Å². The van der Waals surface area contributed by atoms with Crippen LogP contribution in [0.4, 0.5) is 4.11 Å². The third-order valence-corrected chi connectivity index (χ3v) is 6.66. The standard InChI is InChI=1S/C14H14ClFSi/c1-11-7-3-5-9-13(11)17(15,16)14-10-6-4-8-12(14)2/h3-10H,1-2H3. The summed E-state index contributed by atoms with van der Waals surface area (Å²) in [5.74, 6) is 0. The lowest BCUT2D eigenvalue weighted by Crippen LogP contribution is -2.51. The van der Waals surface area contributed by atoms with E-state index in [1.807, 2.05) is 50.2 Å². The van der Waals surface area contributed by atoms with Crippen LogP contribution >= 0.6 is 11.1 Å². The fourth-order valence-electron chi connectivity index (χ4n) is 2.00. The van der Waals surface area contributed by atoms with Crippen molar-refractivity contribution in [2.45, 2.75) is 13.8 Å². The van der Waals surface area contributed by atoms with Crippen molar-refractivity contribution in [3.63, 3.8) is 0 Å². The Labute approximate surface area is 107 Å². The van der Waals surface area contributed by atoms with Gasteiger partial charge in [-0.1, -0.05) is 48.5 Å². The first-order valence-corrected chi connectivity index (χ1v) is 8.42. The lowest BCUT2D eigenvalue weighted by molar-refractivity contribution is 0.852. The second-order valence-corrected chi connectivity index (χ2v) is 7.99. The molecule has 0 atom stereocenters. The Morgan fingerprint density at radius 3 is 1.53 bits per heavy atom. The third-order valence-electron chi connectivity index (χ3n) is 2.97. The Morgan fingerprint density at radius 2 is 1.18 bits per heavy atom. The average Bonchev–Trinajstić information content (AvgIpc) is 2.29. The zero-order chi connectivity index (χ0) is 12.5. The van der Waals surface area contributed by atoms with E-state index in [2.05, 4.69) is 0 Å². The van der Waals surface area contributed by atoms with E-state index in [0.29, 0.717) is 10.4 Å². The molecule has 0 saturated carbocycles. The predicted octanol–water partition coefficient (Wildman–Crippen LogP) is 3.07. The molecule has 0 unspecified atom stereocenters. The van der Waals surface area contributed by atoms with Gasteiger partial charge in [-0.2, -0.15) is 0 Å². The average molecular weight is 265 g/mol. The fourth-order valence-corrected chi connectivity index (χ4v) is 5.33. The molecule has 0 radical (unpaired) electrons. The SMILES string of the molecule is Cc1ccccc1[Si](F)(Cl)c1ccccc1C. The molecule has 3 heteroatoms. The first-order valence-electron chi connectivity index (χ1n) is 5.53. The number of rotatable bonds is 2. The lowest BCUT2D eigenvalue weighted by atomic mass is 10.2. The fraction of sp³-hybridized carbons (Fsp3) is 0.143. The van der Waals surface area contributed by atoms with Crippen molar-refractivity contribution in [2.24, 2.45) is 0 Å². The van der Waals surface area contributed by atoms with Gasteiger partial charge in [0.2, 0.25) is 0 Å². The summed E-state index contributed by atoms with van der Waals surface area (Å²) < 4.78 is 15.0. The predicted molar refractivity (Wildman–Crippen MR) is 74.3 cm³/mol. The molecule has 0 aliphatic rings. The first-order chi connectivity index (χ1) is 8.03. The van der Waals surface area contributed by atoms with Crippen LogP contribution in [0.3, 0.4) is 0 Å². The van der Waals surface area contributed by atoms with Crippen molar-refractivity contribution < 1.29 is 4.11 Å². The molecule has 0 amide bonds. The Kier molecular flexibility index (Phi) is 3.36. The molecule has 0 saturated heterocycles. The van der Waals surface area contributed by atoms with Gasteiger partial charge in [0.05, 0.1) is 0 Å². The molecule has 0 spiro atoms. The number of benzene rings is 2. The van der Waals surface area contributed by atoms with Gasteiger partial charge in [-0.05, 0) is 35.3 Å². The molecular weight excluding hydrogens is 251 g/mol. The Balaban J connectivity index is 2.58. The smallest absolute Gasteiger partial charge is 0.281 e.